The number of rotatable bonds is 4. The number of fused-ring (bicyclic) bond motifs is 1. The summed E-state index contributed by atoms with van der Waals surface area (Å²) in [5.74, 6) is -0.00976. The highest BCUT2D eigenvalue weighted by molar-refractivity contribution is 5.96. The molecular weight excluding hydrogens is 374 g/mol. The Morgan fingerprint density at radius 3 is 2.37 bits per heavy atom. The van der Waals surface area contributed by atoms with Gasteiger partial charge < -0.3 is 9.80 Å². The van der Waals surface area contributed by atoms with Crippen molar-refractivity contribution in [2.45, 2.75) is 13.3 Å². The standard InChI is InChI=1S/C25H25N3O2/c1-2-19-8-10-22(11-9-19)25(30)28-17-15-27(16-18-28)23(29)13-12-21-6-3-5-20-7-4-14-26-24(20)21/h3-14H,2,15-18H2,1H3/b13-12+. The van der Waals surface area contributed by atoms with Gasteiger partial charge in [0, 0.05) is 55.0 Å². The Hall–Kier alpha value is -3.47. The van der Waals surface area contributed by atoms with Crippen molar-refractivity contribution < 1.29 is 9.59 Å². The average molecular weight is 399 g/mol. The number of benzene rings is 2. The van der Waals surface area contributed by atoms with E-state index in [4.69, 9.17) is 0 Å². The third-order valence-electron chi connectivity index (χ3n) is 5.56. The third-order valence-corrected chi connectivity index (χ3v) is 5.56. The molecular formula is C25H25N3O2. The van der Waals surface area contributed by atoms with E-state index in [1.807, 2.05) is 65.6 Å². The summed E-state index contributed by atoms with van der Waals surface area (Å²) in [6.45, 7) is 4.26. The van der Waals surface area contributed by atoms with Crippen molar-refractivity contribution in [3.8, 4) is 0 Å². The topological polar surface area (TPSA) is 53.5 Å². The normalized spacial score (nSPS) is 14.4. The predicted octanol–water partition coefficient (Wildman–Crippen LogP) is 3.80. The molecule has 1 saturated heterocycles. The predicted molar refractivity (Wildman–Crippen MR) is 119 cm³/mol. The van der Waals surface area contributed by atoms with Crippen LogP contribution in [0.5, 0.6) is 0 Å². The number of para-hydroxylation sites is 1. The second-order valence-corrected chi connectivity index (χ2v) is 7.42. The van der Waals surface area contributed by atoms with Crippen LogP contribution in [-0.2, 0) is 11.2 Å². The van der Waals surface area contributed by atoms with Gasteiger partial charge in [0.2, 0.25) is 5.91 Å². The van der Waals surface area contributed by atoms with Gasteiger partial charge in [0.1, 0.15) is 0 Å². The molecule has 2 heterocycles. The largest absolute Gasteiger partial charge is 0.336 e. The molecule has 0 saturated carbocycles. The second-order valence-electron chi connectivity index (χ2n) is 7.42. The highest BCUT2D eigenvalue weighted by atomic mass is 16.2. The molecule has 2 amide bonds. The molecule has 1 aliphatic rings. The molecule has 0 unspecified atom stereocenters. The van der Waals surface area contributed by atoms with E-state index < -0.39 is 0 Å². The number of carbonyl (C=O) groups is 2. The van der Waals surface area contributed by atoms with E-state index in [0.717, 1.165) is 22.9 Å². The molecule has 30 heavy (non-hydrogen) atoms. The minimum Gasteiger partial charge on any atom is -0.336 e. The minimum absolute atomic E-state index is 0.0297. The molecule has 0 aliphatic carbocycles. The molecule has 1 fully saturated rings. The molecule has 5 heteroatoms. The van der Waals surface area contributed by atoms with Crippen molar-refractivity contribution in [3.05, 3.63) is 83.6 Å². The monoisotopic (exact) mass is 399 g/mol. The summed E-state index contributed by atoms with van der Waals surface area (Å²) in [7, 11) is 0. The van der Waals surface area contributed by atoms with Crippen LogP contribution in [0.15, 0.2) is 66.9 Å². The summed E-state index contributed by atoms with van der Waals surface area (Å²) in [6.07, 6.45) is 6.14. The van der Waals surface area contributed by atoms with Gasteiger partial charge >= 0.3 is 0 Å². The van der Waals surface area contributed by atoms with E-state index in [1.54, 1.807) is 17.2 Å². The third kappa shape index (κ3) is 4.25. The molecule has 0 atom stereocenters. The zero-order valence-corrected chi connectivity index (χ0v) is 17.1. The van der Waals surface area contributed by atoms with Crippen LogP contribution in [-0.4, -0.2) is 52.8 Å². The van der Waals surface area contributed by atoms with Gasteiger partial charge in [-0.2, -0.15) is 0 Å². The summed E-state index contributed by atoms with van der Waals surface area (Å²) in [6, 6.07) is 17.6. The van der Waals surface area contributed by atoms with Crippen LogP contribution in [0.25, 0.3) is 17.0 Å². The van der Waals surface area contributed by atoms with E-state index >= 15 is 0 Å². The van der Waals surface area contributed by atoms with E-state index in [1.165, 1.54) is 5.56 Å². The van der Waals surface area contributed by atoms with Crippen molar-refractivity contribution in [2.24, 2.45) is 0 Å². The Morgan fingerprint density at radius 2 is 1.63 bits per heavy atom. The lowest BCUT2D eigenvalue weighted by Gasteiger charge is -2.34. The summed E-state index contributed by atoms with van der Waals surface area (Å²) >= 11 is 0. The summed E-state index contributed by atoms with van der Waals surface area (Å²) < 4.78 is 0. The summed E-state index contributed by atoms with van der Waals surface area (Å²) in [5, 5.41) is 1.05. The fourth-order valence-corrected chi connectivity index (χ4v) is 3.72. The van der Waals surface area contributed by atoms with Crippen LogP contribution in [0.1, 0.15) is 28.4 Å². The van der Waals surface area contributed by atoms with Crippen LogP contribution in [0.4, 0.5) is 0 Å². The first-order valence-corrected chi connectivity index (χ1v) is 10.3. The quantitative estimate of drug-likeness (QED) is 0.627. The van der Waals surface area contributed by atoms with Gasteiger partial charge in [-0.3, -0.25) is 14.6 Å². The van der Waals surface area contributed by atoms with Crippen LogP contribution in [0.3, 0.4) is 0 Å². The highest BCUT2D eigenvalue weighted by Gasteiger charge is 2.23. The molecule has 0 bridgehead atoms. The van der Waals surface area contributed by atoms with Crippen molar-refractivity contribution in [1.82, 2.24) is 14.8 Å². The minimum atomic E-state index is -0.0395. The van der Waals surface area contributed by atoms with Crippen molar-refractivity contribution >= 4 is 28.8 Å². The number of piperazine rings is 1. The molecule has 4 rings (SSSR count). The molecule has 2 aromatic carbocycles. The van der Waals surface area contributed by atoms with Gasteiger partial charge in [-0.05, 0) is 36.3 Å². The maximum absolute atomic E-state index is 12.7. The molecule has 0 spiro atoms. The van der Waals surface area contributed by atoms with Gasteiger partial charge in [-0.1, -0.05) is 43.3 Å². The Morgan fingerprint density at radius 1 is 0.933 bits per heavy atom. The zero-order chi connectivity index (χ0) is 20.9. The van der Waals surface area contributed by atoms with Crippen molar-refractivity contribution in [2.75, 3.05) is 26.2 Å². The number of aromatic nitrogens is 1. The number of hydrogen-bond donors (Lipinski definition) is 0. The van der Waals surface area contributed by atoms with Crippen LogP contribution >= 0.6 is 0 Å². The number of carbonyl (C=O) groups excluding carboxylic acids is 2. The van der Waals surface area contributed by atoms with E-state index in [2.05, 4.69) is 11.9 Å². The lowest BCUT2D eigenvalue weighted by atomic mass is 10.1. The SMILES string of the molecule is CCc1ccc(C(=O)N2CCN(C(=O)/C=C/c3cccc4cccnc34)CC2)cc1. The maximum Gasteiger partial charge on any atom is 0.253 e. The van der Waals surface area contributed by atoms with E-state index in [9.17, 15) is 9.59 Å². The Kier molecular flexibility index (Phi) is 5.89. The second kappa shape index (κ2) is 8.91. The Labute approximate surface area is 176 Å². The number of aryl methyl sites for hydroxylation is 1. The van der Waals surface area contributed by atoms with Gasteiger partial charge in [-0.25, -0.2) is 0 Å². The smallest absolute Gasteiger partial charge is 0.253 e. The first-order chi connectivity index (χ1) is 14.7. The van der Waals surface area contributed by atoms with Gasteiger partial charge in [0.05, 0.1) is 5.52 Å². The summed E-state index contributed by atoms with van der Waals surface area (Å²) in [5.41, 5.74) is 3.73. The molecule has 1 aromatic heterocycles. The van der Waals surface area contributed by atoms with Gasteiger partial charge in [0.15, 0.2) is 0 Å². The average Bonchev–Trinajstić information content (AvgIpc) is 2.82. The number of hydrogen-bond acceptors (Lipinski definition) is 3. The first kappa shape index (κ1) is 19.8. The Balaban J connectivity index is 1.37. The molecule has 3 aromatic rings. The Bertz CT molecular complexity index is 1080. The maximum atomic E-state index is 12.7. The van der Waals surface area contributed by atoms with E-state index in [0.29, 0.717) is 31.7 Å². The first-order valence-electron chi connectivity index (χ1n) is 10.3. The van der Waals surface area contributed by atoms with Gasteiger partial charge in [-0.15, -0.1) is 0 Å². The summed E-state index contributed by atoms with van der Waals surface area (Å²) in [4.78, 5) is 33.4. The fourth-order valence-electron chi connectivity index (χ4n) is 3.72. The molecule has 5 nitrogen and oxygen atoms in total. The number of pyridine rings is 1. The fraction of sp³-hybridized carbons (Fsp3) is 0.240. The van der Waals surface area contributed by atoms with Crippen LogP contribution < -0.4 is 0 Å². The van der Waals surface area contributed by atoms with Crippen molar-refractivity contribution in [3.63, 3.8) is 0 Å². The molecule has 1 aliphatic heterocycles. The zero-order valence-electron chi connectivity index (χ0n) is 17.1. The van der Waals surface area contributed by atoms with Crippen LogP contribution in [0.2, 0.25) is 0 Å². The molecule has 0 radical (unpaired) electrons. The van der Waals surface area contributed by atoms with E-state index in [-0.39, 0.29) is 11.8 Å². The van der Waals surface area contributed by atoms with Gasteiger partial charge in [0.25, 0.3) is 5.91 Å². The lowest BCUT2D eigenvalue weighted by Crippen LogP contribution is -2.50. The number of nitrogens with zero attached hydrogens (tertiary/aromatic N) is 3. The lowest BCUT2D eigenvalue weighted by molar-refractivity contribution is -0.127. The molecule has 0 N–H and O–H groups in total. The molecule has 152 valence electrons. The number of amides is 2. The van der Waals surface area contributed by atoms with Crippen LogP contribution in [0, 0.1) is 0 Å². The highest BCUT2D eigenvalue weighted by Crippen LogP contribution is 2.17. The van der Waals surface area contributed by atoms with Crippen molar-refractivity contribution in [1.29, 1.82) is 0 Å².